The summed E-state index contributed by atoms with van der Waals surface area (Å²) < 4.78 is 23.7. The van der Waals surface area contributed by atoms with Crippen LogP contribution in [0, 0.1) is 19.7 Å². The maximum Gasteiger partial charge on any atom is 0.375 e. The zero-order valence-corrected chi connectivity index (χ0v) is 14.8. The van der Waals surface area contributed by atoms with Crippen molar-refractivity contribution in [1.82, 2.24) is 0 Å². The minimum atomic E-state index is -0.794. The first-order valence-electron chi connectivity index (χ1n) is 7.77. The van der Waals surface area contributed by atoms with Crippen LogP contribution in [0.15, 0.2) is 40.8 Å². The van der Waals surface area contributed by atoms with Crippen molar-refractivity contribution in [3.8, 4) is 0 Å². The molecule has 1 heterocycles. The molecule has 134 valence electrons. The Bertz CT molecular complexity index is 1010. The standard InChI is InChI=1S/C19H15ClFNO4/c1-10-13-8-12(21)6-7-16(13)26-18(10)19(24)25-9-17(23)22-15-5-3-4-14(20)11(15)2/h3-8H,9H2,1-2H3,(H,22,23). The molecule has 0 atom stereocenters. The van der Waals surface area contributed by atoms with Crippen molar-refractivity contribution in [1.29, 1.82) is 0 Å². The molecule has 2 aromatic carbocycles. The van der Waals surface area contributed by atoms with Crippen LogP contribution in [-0.2, 0) is 9.53 Å². The highest BCUT2D eigenvalue weighted by atomic mass is 35.5. The number of esters is 1. The molecule has 3 aromatic rings. The number of carbonyl (C=O) groups excluding carboxylic acids is 2. The number of fused-ring (bicyclic) bond motifs is 1. The van der Waals surface area contributed by atoms with Crippen LogP contribution in [0.3, 0.4) is 0 Å². The van der Waals surface area contributed by atoms with Gasteiger partial charge in [0.1, 0.15) is 11.4 Å². The largest absolute Gasteiger partial charge is 0.450 e. The first-order chi connectivity index (χ1) is 12.4. The van der Waals surface area contributed by atoms with Gasteiger partial charge in [0.25, 0.3) is 5.91 Å². The minimum absolute atomic E-state index is 0.0580. The van der Waals surface area contributed by atoms with Gasteiger partial charge in [0.05, 0.1) is 0 Å². The minimum Gasteiger partial charge on any atom is -0.450 e. The van der Waals surface area contributed by atoms with Crippen LogP contribution in [0.1, 0.15) is 21.7 Å². The summed E-state index contributed by atoms with van der Waals surface area (Å²) in [6.07, 6.45) is 0. The summed E-state index contributed by atoms with van der Waals surface area (Å²) >= 11 is 6.00. The first-order valence-corrected chi connectivity index (χ1v) is 8.15. The Morgan fingerprint density at radius 3 is 2.73 bits per heavy atom. The van der Waals surface area contributed by atoms with Gasteiger partial charge < -0.3 is 14.5 Å². The fourth-order valence-corrected chi connectivity index (χ4v) is 2.69. The number of hydrogen-bond acceptors (Lipinski definition) is 4. The Balaban J connectivity index is 1.68. The quantitative estimate of drug-likeness (QED) is 0.674. The van der Waals surface area contributed by atoms with Crippen LogP contribution in [0.25, 0.3) is 11.0 Å². The summed E-state index contributed by atoms with van der Waals surface area (Å²) in [5.74, 6) is -1.80. The normalized spacial score (nSPS) is 10.8. The van der Waals surface area contributed by atoms with Gasteiger partial charge >= 0.3 is 5.97 Å². The average molecular weight is 376 g/mol. The summed E-state index contributed by atoms with van der Waals surface area (Å²) in [5, 5.41) is 3.63. The Hall–Kier alpha value is -2.86. The van der Waals surface area contributed by atoms with Crippen LogP contribution in [-0.4, -0.2) is 18.5 Å². The van der Waals surface area contributed by atoms with Crippen molar-refractivity contribution in [3.05, 3.63) is 64.1 Å². The molecule has 0 radical (unpaired) electrons. The molecule has 0 aliphatic rings. The Morgan fingerprint density at radius 1 is 1.19 bits per heavy atom. The SMILES string of the molecule is Cc1c(Cl)cccc1NC(=O)COC(=O)c1oc2ccc(F)cc2c1C. The summed E-state index contributed by atoms with van der Waals surface area (Å²) in [6, 6.07) is 9.05. The van der Waals surface area contributed by atoms with Crippen LogP contribution in [0.4, 0.5) is 10.1 Å². The van der Waals surface area contributed by atoms with E-state index in [0.717, 1.165) is 0 Å². The molecule has 5 nitrogen and oxygen atoms in total. The summed E-state index contributed by atoms with van der Waals surface area (Å²) in [5.41, 5.74) is 2.07. The molecule has 0 bridgehead atoms. The van der Waals surface area contributed by atoms with E-state index in [0.29, 0.717) is 32.8 Å². The van der Waals surface area contributed by atoms with Gasteiger partial charge in [-0.3, -0.25) is 4.79 Å². The van der Waals surface area contributed by atoms with Crippen molar-refractivity contribution in [2.24, 2.45) is 0 Å². The van der Waals surface area contributed by atoms with Gasteiger partial charge in [-0.2, -0.15) is 0 Å². The molecule has 7 heteroatoms. The lowest BCUT2D eigenvalue weighted by atomic mass is 10.1. The number of rotatable bonds is 4. The van der Waals surface area contributed by atoms with Crippen LogP contribution < -0.4 is 5.32 Å². The number of amides is 1. The van der Waals surface area contributed by atoms with Gasteiger partial charge in [0.15, 0.2) is 6.61 Å². The molecule has 1 aromatic heterocycles. The second-order valence-electron chi connectivity index (χ2n) is 5.73. The molecule has 0 unspecified atom stereocenters. The third-order valence-corrected chi connectivity index (χ3v) is 4.37. The van der Waals surface area contributed by atoms with Gasteiger partial charge in [0.2, 0.25) is 5.76 Å². The summed E-state index contributed by atoms with van der Waals surface area (Å²) in [7, 11) is 0. The number of nitrogens with one attached hydrogen (secondary N) is 1. The van der Waals surface area contributed by atoms with Crippen molar-refractivity contribution in [3.63, 3.8) is 0 Å². The van der Waals surface area contributed by atoms with E-state index >= 15 is 0 Å². The fourth-order valence-electron chi connectivity index (χ4n) is 2.51. The molecule has 3 rings (SSSR count). The maximum atomic E-state index is 13.3. The second kappa shape index (κ2) is 7.17. The number of halogens is 2. The maximum absolute atomic E-state index is 13.3. The fraction of sp³-hybridized carbons (Fsp3) is 0.158. The van der Waals surface area contributed by atoms with Crippen molar-refractivity contribution >= 4 is 40.1 Å². The monoisotopic (exact) mass is 375 g/mol. The second-order valence-corrected chi connectivity index (χ2v) is 6.14. The highest BCUT2D eigenvalue weighted by Crippen LogP contribution is 2.26. The van der Waals surface area contributed by atoms with Gasteiger partial charge in [-0.25, -0.2) is 9.18 Å². The van der Waals surface area contributed by atoms with E-state index in [1.54, 1.807) is 32.0 Å². The lowest BCUT2D eigenvalue weighted by Crippen LogP contribution is -2.21. The predicted octanol–water partition coefficient (Wildman–Crippen LogP) is 4.64. The van der Waals surface area contributed by atoms with Gasteiger partial charge in [-0.15, -0.1) is 0 Å². The van der Waals surface area contributed by atoms with E-state index in [2.05, 4.69) is 5.32 Å². The molecule has 0 fully saturated rings. The zero-order valence-electron chi connectivity index (χ0n) is 14.1. The molecular weight excluding hydrogens is 361 g/mol. The lowest BCUT2D eigenvalue weighted by Gasteiger charge is -2.09. The molecule has 0 aliphatic heterocycles. The summed E-state index contributed by atoms with van der Waals surface area (Å²) in [4.78, 5) is 24.2. The lowest BCUT2D eigenvalue weighted by molar-refractivity contribution is -0.119. The van der Waals surface area contributed by atoms with E-state index in [1.165, 1.54) is 18.2 Å². The van der Waals surface area contributed by atoms with Gasteiger partial charge in [-0.05, 0) is 49.7 Å². The van der Waals surface area contributed by atoms with E-state index < -0.39 is 24.3 Å². The average Bonchev–Trinajstić information content (AvgIpc) is 2.93. The Labute approximate surface area is 153 Å². The van der Waals surface area contributed by atoms with Crippen molar-refractivity contribution in [2.45, 2.75) is 13.8 Å². The smallest absolute Gasteiger partial charge is 0.375 e. The number of hydrogen-bond donors (Lipinski definition) is 1. The van der Waals surface area contributed by atoms with Crippen LogP contribution >= 0.6 is 11.6 Å². The molecule has 0 spiro atoms. The highest BCUT2D eigenvalue weighted by Gasteiger charge is 2.20. The summed E-state index contributed by atoms with van der Waals surface area (Å²) in [6.45, 7) is 2.90. The molecule has 1 N–H and O–H groups in total. The molecule has 0 saturated heterocycles. The molecule has 0 saturated carbocycles. The van der Waals surface area contributed by atoms with Crippen LogP contribution in [0.2, 0.25) is 5.02 Å². The molecule has 26 heavy (non-hydrogen) atoms. The number of ether oxygens (including phenoxy) is 1. The predicted molar refractivity (Wildman–Crippen MR) is 96.0 cm³/mol. The third-order valence-electron chi connectivity index (χ3n) is 3.96. The number of furan rings is 1. The number of benzene rings is 2. The van der Waals surface area contributed by atoms with Crippen molar-refractivity contribution in [2.75, 3.05) is 11.9 Å². The third kappa shape index (κ3) is 3.55. The van der Waals surface area contributed by atoms with Gasteiger partial charge in [0, 0.05) is 21.7 Å². The highest BCUT2D eigenvalue weighted by molar-refractivity contribution is 6.31. The molecular formula is C19H15ClFNO4. The number of aryl methyl sites for hydroxylation is 1. The number of carbonyl (C=O) groups is 2. The van der Waals surface area contributed by atoms with E-state index in [9.17, 15) is 14.0 Å². The number of anilines is 1. The van der Waals surface area contributed by atoms with E-state index in [4.69, 9.17) is 20.8 Å². The van der Waals surface area contributed by atoms with E-state index in [-0.39, 0.29) is 5.76 Å². The van der Waals surface area contributed by atoms with Gasteiger partial charge in [-0.1, -0.05) is 17.7 Å². The molecule has 0 aliphatic carbocycles. The first kappa shape index (κ1) is 17.9. The Morgan fingerprint density at radius 2 is 1.96 bits per heavy atom. The topological polar surface area (TPSA) is 68.5 Å². The Kier molecular flexibility index (Phi) is 4.95. The van der Waals surface area contributed by atoms with Crippen LogP contribution in [0.5, 0.6) is 0 Å². The van der Waals surface area contributed by atoms with E-state index in [1.807, 2.05) is 0 Å². The zero-order chi connectivity index (χ0) is 18.8. The molecule has 1 amide bonds. The van der Waals surface area contributed by atoms with Crippen molar-refractivity contribution < 1.29 is 23.1 Å².